The topological polar surface area (TPSA) is 73.9 Å². The number of hydrogen-bond donors (Lipinski definition) is 2. The first kappa shape index (κ1) is 16.3. The van der Waals surface area contributed by atoms with Gasteiger partial charge in [-0.05, 0) is 18.6 Å². The number of carbonyl (C=O) groups is 1. The minimum absolute atomic E-state index is 0.0278. The maximum Gasteiger partial charge on any atom is 0.317 e. The summed E-state index contributed by atoms with van der Waals surface area (Å²) in [5.41, 5.74) is 3.91. The lowest BCUT2D eigenvalue weighted by Gasteiger charge is -2.14. The van der Waals surface area contributed by atoms with Gasteiger partial charge < -0.3 is 15.2 Å². The zero-order valence-electron chi connectivity index (χ0n) is 14.6. The van der Waals surface area contributed by atoms with Crippen LogP contribution in [0.15, 0.2) is 54.9 Å². The summed E-state index contributed by atoms with van der Waals surface area (Å²) in [6, 6.07) is 14.1. The van der Waals surface area contributed by atoms with Crippen molar-refractivity contribution in [3.8, 4) is 22.5 Å². The fraction of sp³-hybridized carbons (Fsp3) is 0.250. The average Bonchev–Trinajstić information content (AvgIpc) is 3.38. The Labute approximate surface area is 152 Å². The van der Waals surface area contributed by atoms with Crippen molar-refractivity contribution >= 4 is 6.03 Å². The largest absolute Gasteiger partial charge is 0.348 e. The number of pyridine rings is 1. The molecule has 1 aliphatic heterocycles. The number of hydrogen-bond acceptors (Lipinski definition) is 3. The van der Waals surface area contributed by atoms with Crippen LogP contribution in [-0.2, 0) is 0 Å². The molecule has 0 bridgehead atoms. The van der Waals surface area contributed by atoms with Crippen LogP contribution in [0.4, 0.5) is 4.79 Å². The molecule has 26 heavy (non-hydrogen) atoms. The van der Waals surface area contributed by atoms with E-state index in [0.29, 0.717) is 6.54 Å². The van der Waals surface area contributed by atoms with Crippen molar-refractivity contribution in [1.29, 1.82) is 0 Å². The van der Waals surface area contributed by atoms with Gasteiger partial charge >= 0.3 is 6.03 Å². The molecule has 0 spiro atoms. The predicted molar refractivity (Wildman–Crippen MR) is 101 cm³/mol. The first-order valence-electron chi connectivity index (χ1n) is 8.78. The van der Waals surface area contributed by atoms with E-state index in [1.165, 1.54) is 0 Å². The van der Waals surface area contributed by atoms with Gasteiger partial charge in [-0.15, -0.1) is 0 Å². The molecule has 1 unspecified atom stereocenters. The number of aromatic nitrogens is 3. The van der Waals surface area contributed by atoms with E-state index < -0.39 is 0 Å². The maximum atomic E-state index is 11.7. The predicted octanol–water partition coefficient (Wildman–Crippen LogP) is 3.27. The quantitative estimate of drug-likeness (QED) is 0.764. The molecule has 132 valence electrons. The summed E-state index contributed by atoms with van der Waals surface area (Å²) in [4.78, 5) is 26.1. The Kier molecular flexibility index (Phi) is 4.39. The van der Waals surface area contributed by atoms with E-state index in [4.69, 9.17) is 4.98 Å². The van der Waals surface area contributed by atoms with E-state index in [2.05, 4.69) is 15.3 Å². The highest BCUT2D eigenvalue weighted by molar-refractivity contribution is 5.74. The van der Waals surface area contributed by atoms with Crippen molar-refractivity contribution in [3.05, 3.63) is 60.7 Å². The number of imidazole rings is 1. The summed E-state index contributed by atoms with van der Waals surface area (Å²) in [5, 5.41) is 2.68. The monoisotopic (exact) mass is 347 g/mol. The number of nitrogens with zero attached hydrogens (tertiary/aromatic N) is 3. The van der Waals surface area contributed by atoms with Gasteiger partial charge in [0.2, 0.25) is 0 Å². The van der Waals surface area contributed by atoms with E-state index in [9.17, 15) is 4.79 Å². The summed E-state index contributed by atoms with van der Waals surface area (Å²) in [5.74, 6) is 1.18. The summed E-state index contributed by atoms with van der Waals surface area (Å²) >= 11 is 0. The van der Waals surface area contributed by atoms with Crippen LogP contribution in [0.25, 0.3) is 22.5 Å². The molecule has 0 radical (unpaired) electrons. The minimum atomic E-state index is -0.0278. The summed E-state index contributed by atoms with van der Waals surface area (Å²) < 4.78 is 0. The Hall–Kier alpha value is -3.15. The van der Waals surface area contributed by atoms with Gasteiger partial charge in [0.25, 0.3) is 0 Å². The van der Waals surface area contributed by atoms with Crippen molar-refractivity contribution in [2.45, 2.75) is 12.3 Å². The number of aromatic amines is 1. The number of amides is 2. The van der Waals surface area contributed by atoms with Crippen LogP contribution in [0.5, 0.6) is 0 Å². The lowest BCUT2D eigenvalue weighted by atomic mass is 10.1. The lowest BCUT2D eigenvalue weighted by molar-refractivity contribution is 0.210. The number of nitrogens with one attached hydrogen (secondary N) is 2. The van der Waals surface area contributed by atoms with Crippen molar-refractivity contribution in [2.24, 2.45) is 0 Å². The van der Waals surface area contributed by atoms with E-state index in [1.807, 2.05) is 59.8 Å². The molecule has 2 amide bonds. The van der Waals surface area contributed by atoms with E-state index in [-0.39, 0.29) is 11.9 Å². The zero-order chi connectivity index (χ0) is 17.9. The number of benzene rings is 1. The van der Waals surface area contributed by atoms with Gasteiger partial charge in [0.1, 0.15) is 5.82 Å². The third kappa shape index (κ3) is 3.18. The van der Waals surface area contributed by atoms with Crippen molar-refractivity contribution in [1.82, 2.24) is 25.2 Å². The minimum Gasteiger partial charge on any atom is -0.348 e. The highest BCUT2D eigenvalue weighted by Crippen LogP contribution is 2.27. The number of urea groups is 1. The van der Waals surface area contributed by atoms with Gasteiger partial charge in [0, 0.05) is 49.6 Å². The van der Waals surface area contributed by atoms with Gasteiger partial charge in [-0.2, -0.15) is 0 Å². The van der Waals surface area contributed by atoms with E-state index >= 15 is 0 Å². The molecule has 1 aliphatic rings. The van der Waals surface area contributed by atoms with Gasteiger partial charge in [0.05, 0.1) is 11.4 Å². The molecule has 4 rings (SSSR count). The fourth-order valence-corrected chi connectivity index (χ4v) is 3.34. The number of likely N-dealkylation sites (tertiary alicyclic amines) is 1. The molecule has 3 aromatic rings. The van der Waals surface area contributed by atoms with Crippen LogP contribution >= 0.6 is 0 Å². The first-order valence-corrected chi connectivity index (χ1v) is 8.78. The van der Waals surface area contributed by atoms with E-state index in [0.717, 1.165) is 41.3 Å². The molecule has 1 fully saturated rings. The normalized spacial score (nSPS) is 16.7. The molecule has 6 heteroatoms. The van der Waals surface area contributed by atoms with Crippen molar-refractivity contribution < 1.29 is 4.79 Å². The molecule has 6 nitrogen and oxygen atoms in total. The second kappa shape index (κ2) is 7.00. The Balaban J connectivity index is 1.49. The second-order valence-corrected chi connectivity index (χ2v) is 6.46. The highest BCUT2D eigenvalue weighted by Gasteiger charge is 2.28. The van der Waals surface area contributed by atoms with Crippen LogP contribution in [0.1, 0.15) is 18.2 Å². The molecule has 0 aliphatic carbocycles. The summed E-state index contributed by atoms with van der Waals surface area (Å²) in [6.07, 6.45) is 4.69. The number of H-pyrrole nitrogens is 1. The highest BCUT2D eigenvalue weighted by atomic mass is 16.2. The van der Waals surface area contributed by atoms with Crippen molar-refractivity contribution in [2.75, 3.05) is 20.1 Å². The van der Waals surface area contributed by atoms with Crippen LogP contribution in [0.3, 0.4) is 0 Å². The Morgan fingerprint density at radius 1 is 1.15 bits per heavy atom. The third-order valence-electron chi connectivity index (χ3n) is 4.80. The molecule has 1 atom stereocenters. The molecular formula is C20H21N5O. The van der Waals surface area contributed by atoms with Crippen LogP contribution in [0, 0.1) is 0 Å². The zero-order valence-corrected chi connectivity index (χ0v) is 14.6. The van der Waals surface area contributed by atoms with Gasteiger partial charge in [-0.25, -0.2) is 9.78 Å². The van der Waals surface area contributed by atoms with Crippen molar-refractivity contribution in [3.63, 3.8) is 0 Å². The summed E-state index contributed by atoms with van der Waals surface area (Å²) in [7, 11) is 1.66. The van der Waals surface area contributed by atoms with Gasteiger partial charge in [-0.3, -0.25) is 4.98 Å². The third-order valence-corrected chi connectivity index (χ3v) is 4.80. The molecule has 2 N–H and O–H groups in total. The SMILES string of the molecule is CNC(=O)N1CCC(c2nc(-c3ccc(-c4ccccc4)nc3)c[nH]2)C1. The van der Waals surface area contributed by atoms with E-state index in [1.54, 1.807) is 7.05 Å². The molecule has 0 saturated carbocycles. The average molecular weight is 347 g/mol. The van der Waals surface area contributed by atoms with Gasteiger partial charge in [0.15, 0.2) is 0 Å². The summed E-state index contributed by atoms with van der Waals surface area (Å²) in [6.45, 7) is 1.45. The Morgan fingerprint density at radius 3 is 2.73 bits per heavy atom. The molecular weight excluding hydrogens is 326 g/mol. The smallest absolute Gasteiger partial charge is 0.317 e. The number of carbonyl (C=O) groups excluding carboxylic acids is 1. The fourth-order valence-electron chi connectivity index (χ4n) is 3.34. The molecule has 1 saturated heterocycles. The standard InChI is InChI=1S/C20H21N5O/c1-21-20(26)25-10-9-16(13-25)19-23-12-18(24-19)15-7-8-17(22-11-15)14-5-3-2-4-6-14/h2-8,11-12,16H,9-10,13H2,1H3,(H,21,26)(H,23,24). The molecule has 2 aromatic heterocycles. The molecule has 1 aromatic carbocycles. The number of rotatable bonds is 3. The Bertz CT molecular complexity index is 888. The van der Waals surface area contributed by atoms with Crippen LogP contribution < -0.4 is 5.32 Å². The van der Waals surface area contributed by atoms with Crippen LogP contribution in [-0.4, -0.2) is 46.0 Å². The maximum absolute atomic E-state index is 11.7. The Morgan fingerprint density at radius 2 is 2.00 bits per heavy atom. The first-order chi connectivity index (χ1) is 12.7. The second-order valence-electron chi connectivity index (χ2n) is 6.46. The van der Waals surface area contributed by atoms with Crippen LogP contribution in [0.2, 0.25) is 0 Å². The van der Waals surface area contributed by atoms with Gasteiger partial charge in [-0.1, -0.05) is 30.3 Å². The lowest BCUT2D eigenvalue weighted by Crippen LogP contribution is -2.36. The molecule has 3 heterocycles.